The highest BCUT2D eigenvalue weighted by Gasteiger charge is 2.05. The minimum absolute atomic E-state index is 0.712. The number of nitrogens with zero attached hydrogens (tertiary/aromatic N) is 1. The van der Waals surface area contributed by atoms with Crippen molar-refractivity contribution < 1.29 is 14.6 Å². The van der Waals surface area contributed by atoms with E-state index in [9.17, 15) is 4.79 Å². The lowest BCUT2D eigenvalue weighted by Crippen LogP contribution is -1.92. The highest BCUT2D eigenvalue weighted by atomic mass is 32.2. The number of aromatic nitrogens is 1. The van der Waals surface area contributed by atoms with Crippen LogP contribution < -0.4 is 4.74 Å². The van der Waals surface area contributed by atoms with E-state index in [0.29, 0.717) is 5.75 Å². The molecule has 0 unspecified atom stereocenters. The number of benzene rings is 1. The zero-order chi connectivity index (χ0) is 14.4. The summed E-state index contributed by atoms with van der Waals surface area (Å²) in [5, 5.41) is 10.7. The standard InChI is InChI=1S/C14H13NO3S2/c1-18-12-4-2-10(3-5-13(16)17)11(8-12)9-20-14-15-6-7-19-14/h2-8H,9H2,1H3,(H,16,17). The van der Waals surface area contributed by atoms with E-state index in [1.807, 2.05) is 23.6 Å². The van der Waals surface area contributed by atoms with Crippen LogP contribution in [0.25, 0.3) is 6.08 Å². The summed E-state index contributed by atoms with van der Waals surface area (Å²) in [6.07, 6.45) is 4.50. The average Bonchev–Trinajstić information content (AvgIpc) is 2.96. The first-order valence-electron chi connectivity index (χ1n) is 5.79. The number of methoxy groups -OCH3 is 1. The zero-order valence-corrected chi connectivity index (χ0v) is 12.4. The van der Waals surface area contributed by atoms with Gasteiger partial charge in [0.1, 0.15) is 10.1 Å². The quantitative estimate of drug-likeness (QED) is 0.653. The number of thioether (sulfide) groups is 1. The number of ether oxygens (including phenoxy) is 1. The number of hydrogen-bond acceptors (Lipinski definition) is 5. The van der Waals surface area contributed by atoms with Gasteiger partial charge in [-0.2, -0.15) is 0 Å². The average molecular weight is 307 g/mol. The Morgan fingerprint density at radius 2 is 2.40 bits per heavy atom. The molecule has 6 heteroatoms. The molecule has 0 atom stereocenters. The second-order valence-corrected chi connectivity index (χ2v) is 5.94. The fourth-order valence-electron chi connectivity index (χ4n) is 1.58. The van der Waals surface area contributed by atoms with Crippen molar-refractivity contribution in [1.29, 1.82) is 0 Å². The first kappa shape index (κ1) is 14.6. The zero-order valence-electron chi connectivity index (χ0n) is 10.8. The molecular weight excluding hydrogens is 294 g/mol. The summed E-state index contributed by atoms with van der Waals surface area (Å²) in [7, 11) is 1.61. The molecular formula is C14H13NO3S2. The van der Waals surface area contributed by atoms with E-state index in [2.05, 4.69) is 4.98 Å². The number of carboxylic acid groups (broad SMARTS) is 1. The van der Waals surface area contributed by atoms with E-state index in [-0.39, 0.29) is 0 Å². The van der Waals surface area contributed by atoms with Gasteiger partial charge in [-0.05, 0) is 29.3 Å². The van der Waals surface area contributed by atoms with Gasteiger partial charge in [0.15, 0.2) is 0 Å². The summed E-state index contributed by atoms with van der Waals surface area (Å²) < 4.78 is 6.20. The summed E-state index contributed by atoms with van der Waals surface area (Å²) >= 11 is 3.20. The van der Waals surface area contributed by atoms with Gasteiger partial charge in [0.2, 0.25) is 0 Å². The van der Waals surface area contributed by atoms with Gasteiger partial charge in [0.05, 0.1) is 7.11 Å². The minimum atomic E-state index is -0.959. The highest BCUT2D eigenvalue weighted by molar-refractivity contribution is 8.00. The van der Waals surface area contributed by atoms with Crippen LogP contribution >= 0.6 is 23.1 Å². The molecule has 0 saturated heterocycles. The van der Waals surface area contributed by atoms with Crippen LogP contribution in [0.1, 0.15) is 11.1 Å². The highest BCUT2D eigenvalue weighted by Crippen LogP contribution is 2.28. The predicted molar refractivity (Wildman–Crippen MR) is 81.3 cm³/mol. The summed E-state index contributed by atoms with van der Waals surface area (Å²) in [6.45, 7) is 0. The molecule has 1 N–H and O–H groups in total. The lowest BCUT2D eigenvalue weighted by Gasteiger charge is -2.07. The van der Waals surface area contributed by atoms with Crippen LogP contribution in [0.5, 0.6) is 5.75 Å². The number of carboxylic acids is 1. The maximum absolute atomic E-state index is 10.6. The molecule has 1 heterocycles. The Bertz CT molecular complexity index is 609. The Morgan fingerprint density at radius 1 is 1.55 bits per heavy atom. The van der Waals surface area contributed by atoms with E-state index < -0.39 is 5.97 Å². The smallest absolute Gasteiger partial charge is 0.328 e. The predicted octanol–water partition coefficient (Wildman–Crippen LogP) is 3.54. The van der Waals surface area contributed by atoms with Crippen molar-refractivity contribution in [3.63, 3.8) is 0 Å². The molecule has 0 saturated carbocycles. The molecule has 0 fully saturated rings. The Labute approximate surface area is 125 Å². The van der Waals surface area contributed by atoms with Crippen LogP contribution in [0.2, 0.25) is 0 Å². The van der Waals surface area contributed by atoms with Crippen molar-refractivity contribution in [3.8, 4) is 5.75 Å². The summed E-state index contributed by atoms with van der Waals surface area (Å²) in [4.78, 5) is 14.8. The third-order valence-electron chi connectivity index (χ3n) is 2.52. The normalized spacial score (nSPS) is 10.8. The molecule has 0 radical (unpaired) electrons. The number of aliphatic carboxylic acids is 1. The molecule has 0 aliphatic heterocycles. The lowest BCUT2D eigenvalue weighted by atomic mass is 10.1. The molecule has 0 aliphatic rings. The second-order valence-electron chi connectivity index (χ2n) is 3.82. The van der Waals surface area contributed by atoms with Gasteiger partial charge in [-0.3, -0.25) is 0 Å². The van der Waals surface area contributed by atoms with Gasteiger partial charge in [0.25, 0.3) is 0 Å². The molecule has 104 valence electrons. The maximum Gasteiger partial charge on any atom is 0.328 e. The van der Waals surface area contributed by atoms with E-state index in [0.717, 1.165) is 27.3 Å². The van der Waals surface area contributed by atoms with Crippen LogP contribution in [0, 0.1) is 0 Å². The third-order valence-corrected chi connectivity index (χ3v) is 4.53. The molecule has 0 amide bonds. The van der Waals surface area contributed by atoms with Crippen LogP contribution in [-0.2, 0) is 10.5 Å². The molecule has 0 spiro atoms. The van der Waals surface area contributed by atoms with Crippen molar-refractivity contribution in [1.82, 2.24) is 4.98 Å². The lowest BCUT2D eigenvalue weighted by molar-refractivity contribution is -0.131. The Balaban J connectivity index is 2.20. The number of carbonyl (C=O) groups is 1. The van der Waals surface area contributed by atoms with E-state index in [1.165, 1.54) is 0 Å². The third kappa shape index (κ3) is 4.11. The number of rotatable bonds is 6. The molecule has 1 aromatic carbocycles. The van der Waals surface area contributed by atoms with Gasteiger partial charge < -0.3 is 9.84 Å². The van der Waals surface area contributed by atoms with Crippen LogP contribution in [0.15, 0.2) is 40.2 Å². The fourth-order valence-corrected chi connectivity index (χ4v) is 3.22. The van der Waals surface area contributed by atoms with Crippen molar-refractivity contribution >= 4 is 35.1 Å². The molecule has 0 bridgehead atoms. The topological polar surface area (TPSA) is 59.4 Å². The molecule has 0 aliphatic carbocycles. The van der Waals surface area contributed by atoms with Gasteiger partial charge in [-0.1, -0.05) is 17.8 Å². The minimum Gasteiger partial charge on any atom is -0.497 e. The van der Waals surface area contributed by atoms with Gasteiger partial charge >= 0.3 is 5.97 Å². The Morgan fingerprint density at radius 3 is 3.05 bits per heavy atom. The van der Waals surface area contributed by atoms with Crippen molar-refractivity contribution in [2.45, 2.75) is 10.1 Å². The SMILES string of the molecule is COc1ccc(C=CC(=O)O)c(CSc2nccs2)c1. The van der Waals surface area contributed by atoms with Crippen molar-refractivity contribution in [2.75, 3.05) is 7.11 Å². The summed E-state index contributed by atoms with van der Waals surface area (Å²) in [5.74, 6) is 0.510. The summed E-state index contributed by atoms with van der Waals surface area (Å²) in [5.41, 5.74) is 1.89. The monoisotopic (exact) mass is 307 g/mol. The number of thiazole rings is 1. The first-order chi connectivity index (χ1) is 9.69. The molecule has 1 aromatic heterocycles. The Kier molecular flexibility index (Phi) is 5.20. The molecule has 2 rings (SSSR count). The molecule has 2 aromatic rings. The van der Waals surface area contributed by atoms with Crippen LogP contribution in [0.4, 0.5) is 0 Å². The second kappa shape index (κ2) is 7.12. The first-order valence-corrected chi connectivity index (χ1v) is 7.66. The van der Waals surface area contributed by atoms with E-state index >= 15 is 0 Å². The molecule has 20 heavy (non-hydrogen) atoms. The summed E-state index contributed by atoms with van der Waals surface area (Å²) in [6, 6.07) is 5.59. The van der Waals surface area contributed by atoms with Crippen LogP contribution in [-0.4, -0.2) is 23.2 Å². The largest absolute Gasteiger partial charge is 0.497 e. The van der Waals surface area contributed by atoms with Crippen molar-refractivity contribution in [3.05, 3.63) is 47.0 Å². The Hall–Kier alpha value is -1.79. The van der Waals surface area contributed by atoms with Gasteiger partial charge in [0, 0.05) is 23.4 Å². The van der Waals surface area contributed by atoms with E-state index in [4.69, 9.17) is 9.84 Å². The fraction of sp³-hybridized carbons (Fsp3) is 0.143. The van der Waals surface area contributed by atoms with Gasteiger partial charge in [-0.15, -0.1) is 11.3 Å². The van der Waals surface area contributed by atoms with E-state index in [1.54, 1.807) is 42.5 Å². The van der Waals surface area contributed by atoms with Crippen molar-refractivity contribution in [2.24, 2.45) is 0 Å². The van der Waals surface area contributed by atoms with Gasteiger partial charge in [-0.25, -0.2) is 9.78 Å². The molecule has 4 nitrogen and oxygen atoms in total. The number of hydrogen-bond donors (Lipinski definition) is 1. The maximum atomic E-state index is 10.6. The van der Waals surface area contributed by atoms with Crippen LogP contribution in [0.3, 0.4) is 0 Å².